The molecule has 0 bridgehead atoms. The molecule has 0 atom stereocenters. The molecule has 0 spiro atoms. The summed E-state index contributed by atoms with van der Waals surface area (Å²) < 4.78 is 4.67. The molecule has 0 unspecified atom stereocenters. The molecular weight excluding hydrogens is 308 g/mol. The minimum absolute atomic E-state index is 0.934. The molecule has 86 valence electrons. The normalized spacial score (nSPS) is 17.0. The minimum atomic E-state index is -2.30. The molecule has 0 saturated heterocycles. The fourth-order valence-corrected chi connectivity index (χ4v) is 26.1. The Kier molecular flexibility index (Phi) is 5.07. The van der Waals surface area contributed by atoms with Gasteiger partial charge in [0.25, 0.3) is 0 Å². The van der Waals surface area contributed by atoms with Crippen LogP contribution in [0.1, 0.15) is 48.0 Å². The summed E-state index contributed by atoms with van der Waals surface area (Å²) in [6.45, 7) is 14.8. The summed E-state index contributed by atoms with van der Waals surface area (Å²) in [4.78, 5) is 0. The summed E-state index contributed by atoms with van der Waals surface area (Å²) in [5.41, 5.74) is 0. The van der Waals surface area contributed by atoms with Gasteiger partial charge >= 0.3 is 105 Å². The zero-order valence-corrected chi connectivity index (χ0v) is 14.3. The first-order valence-corrected chi connectivity index (χ1v) is 13.3. The third-order valence-electron chi connectivity index (χ3n) is 4.19. The summed E-state index contributed by atoms with van der Waals surface area (Å²) in [5.74, 6) is 0. The van der Waals surface area contributed by atoms with E-state index in [1.54, 1.807) is 0 Å². The van der Waals surface area contributed by atoms with E-state index in [-0.39, 0.29) is 0 Å². The van der Waals surface area contributed by atoms with Gasteiger partial charge in [0.1, 0.15) is 0 Å². The quantitative estimate of drug-likeness (QED) is 0.639. The van der Waals surface area contributed by atoms with Crippen LogP contribution in [0.15, 0.2) is 19.3 Å². The molecule has 1 aliphatic rings. The monoisotopic (exact) mass is 334 g/mol. The Morgan fingerprint density at radius 3 is 1.67 bits per heavy atom. The average Bonchev–Trinajstić information content (AvgIpc) is 2.55. The van der Waals surface area contributed by atoms with E-state index < -0.39 is 33.4 Å². The molecule has 0 radical (unpaired) electrons. The number of allylic oxidation sites excluding steroid dienone is 4. The van der Waals surface area contributed by atoms with Gasteiger partial charge < -0.3 is 0 Å². The van der Waals surface area contributed by atoms with Crippen molar-refractivity contribution in [1.29, 1.82) is 0 Å². The molecule has 1 aliphatic carbocycles. The first-order valence-electron chi connectivity index (χ1n) is 6.30. The van der Waals surface area contributed by atoms with Crippen LogP contribution in [0.3, 0.4) is 0 Å². The summed E-state index contributed by atoms with van der Waals surface area (Å²) in [7, 11) is 0. The number of hydrogen-bond donors (Lipinski definition) is 0. The van der Waals surface area contributed by atoms with Gasteiger partial charge in [-0.05, 0) is 0 Å². The van der Waals surface area contributed by atoms with Crippen LogP contribution in [-0.4, -0.2) is 0 Å². The van der Waals surface area contributed by atoms with Crippen molar-refractivity contribution in [2.45, 2.75) is 52.3 Å². The fourth-order valence-electron chi connectivity index (χ4n) is 3.88. The van der Waals surface area contributed by atoms with Gasteiger partial charge in [0.05, 0.1) is 0 Å². The van der Waals surface area contributed by atoms with Gasteiger partial charge in [0, 0.05) is 0 Å². The molecule has 0 aromatic rings. The third-order valence-corrected chi connectivity index (χ3v) is 26.8. The number of hydrogen-bond acceptors (Lipinski definition) is 0. The van der Waals surface area contributed by atoms with Crippen molar-refractivity contribution in [3.05, 3.63) is 19.3 Å². The van der Waals surface area contributed by atoms with Crippen molar-refractivity contribution in [3.8, 4) is 0 Å². The van der Waals surface area contributed by atoms with E-state index in [9.17, 15) is 0 Å². The standard InChI is InChI=1S/C5H5.3C3H7.Ce/c1-2-4-5-3-1;3*1-3-2;/h1-3H,4H2;3*3H,1-2H3;. The molecule has 1 rings (SSSR count). The Balaban J connectivity index is 3.14. The zero-order chi connectivity index (χ0) is 11.6. The van der Waals surface area contributed by atoms with E-state index in [0.717, 1.165) is 4.31 Å². The van der Waals surface area contributed by atoms with E-state index in [2.05, 4.69) is 59.8 Å². The Morgan fingerprint density at radius 1 is 0.933 bits per heavy atom. The molecule has 0 aliphatic heterocycles. The van der Waals surface area contributed by atoms with Gasteiger partial charge in [0.15, 0.2) is 0 Å². The van der Waals surface area contributed by atoms with Gasteiger partial charge in [-0.25, -0.2) is 0 Å². The molecule has 15 heavy (non-hydrogen) atoms. The van der Waals surface area contributed by atoms with Crippen molar-refractivity contribution >= 4 is 0 Å². The molecule has 0 saturated carbocycles. The van der Waals surface area contributed by atoms with E-state index in [4.69, 9.17) is 0 Å². The first kappa shape index (κ1) is 13.9. The van der Waals surface area contributed by atoms with Crippen molar-refractivity contribution in [2.24, 2.45) is 0 Å². The second-order valence-electron chi connectivity index (χ2n) is 5.72. The van der Waals surface area contributed by atoms with E-state index in [1.165, 1.54) is 6.42 Å². The predicted molar refractivity (Wildman–Crippen MR) is 67.1 cm³/mol. The molecule has 0 nitrogen and oxygen atoms in total. The zero-order valence-electron chi connectivity index (χ0n) is 11.2. The summed E-state index contributed by atoms with van der Waals surface area (Å²) in [6, 6.07) is 0. The van der Waals surface area contributed by atoms with Crippen LogP contribution in [0, 0.1) is 33.4 Å². The average molecular weight is 334 g/mol. The van der Waals surface area contributed by atoms with Crippen LogP contribution < -0.4 is 0 Å². The van der Waals surface area contributed by atoms with Gasteiger partial charge in [0.2, 0.25) is 0 Å². The van der Waals surface area contributed by atoms with Gasteiger partial charge in [-0.1, -0.05) is 0 Å². The van der Waals surface area contributed by atoms with Gasteiger partial charge in [-0.15, -0.1) is 0 Å². The summed E-state index contributed by atoms with van der Waals surface area (Å²) >= 11 is -2.30. The molecular formula is C14H26Ce. The van der Waals surface area contributed by atoms with E-state index in [1.807, 2.05) is 1.09 Å². The second kappa shape index (κ2) is 5.46. The first-order chi connectivity index (χ1) is 6.94. The SMILES string of the molecule is C[CH](C)[Ce]([C]1=CC=CC1)([CH](C)C)[CH](C)C. The van der Waals surface area contributed by atoms with Crippen LogP contribution in [0.2, 0.25) is 4.31 Å². The second-order valence-corrected chi connectivity index (χ2v) is 24.5. The Morgan fingerprint density at radius 2 is 1.40 bits per heavy atom. The Bertz CT molecular complexity index is 247. The van der Waals surface area contributed by atoms with Crippen LogP contribution in [-0.2, 0) is 0 Å². The molecule has 0 amide bonds. The molecule has 1 heteroatoms. The molecule has 0 aromatic carbocycles. The Labute approximate surface area is 104 Å². The van der Waals surface area contributed by atoms with Crippen LogP contribution >= 0.6 is 0 Å². The van der Waals surface area contributed by atoms with Crippen molar-refractivity contribution in [2.75, 3.05) is 0 Å². The summed E-state index contributed by atoms with van der Waals surface area (Å²) in [6.07, 6.45) is 8.33. The number of rotatable bonds is 4. The summed E-state index contributed by atoms with van der Waals surface area (Å²) in [5, 5.41) is 0. The van der Waals surface area contributed by atoms with Crippen LogP contribution in [0.5, 0.6) is 0 Å². The Hall–Kier alpha value is 0.857. The van der Waals surface area contributed by atoms with Gasteiger partial charge in [-0.3, -0.25) is 0 Å². The predicted octanol–water partition coefficient (Wildman–Crippen LogP) is 5.47. The van der Waals surface area contributed by atoms with Crippen LogP contribution in [0.4, 0.5) is 0 Å². The molecule has 0 fully saturated rings. The molecule has 0 aromatic heterocycles. The third kappa shape index (κ3) is 2.42. The van der Waals surface area contributed by atoms with Gasteiger partial charge in [-0.2, -0.15) is 0 Å². The van der Waals surface area contributed by atoms with Crippen molar-refractivity contribution < 1.29 is 33.4 Å². The topological polar surface area (TPSA) is 0 Å². The maximum absolute atomic E-state index is 2.47. The molecule has 0 heterocycles. The van der Waals surface area contributed by atoms with Crippen molar-refractivity contribution in [1.82, 2.24) is 0 Å². The van der Waals surface area contributed by atoms with Crippen molar-refractivity contribution in [3.63, 3.8) is 0 Å². The van der Waals surface area contributed by atoms with E-state index >= 15 is 0 Å². The maximum atomic E-state index is 2.47. The fraction of sp³-hybridized carbons (Fsp3) is 0.714. The van der Waals surface area contributed by atoms with Crippen LogP contribution in [0.25, 0.3) is 0 Å². The van der Waals surface area contributed by atoms with E-state index in [0.29, 0.717) is 0 Å². The molecule has 0 N–H and O–H groups in total.